The minimum Gasteiger partial charge on any atom is -0.462 e. The van der Waals surface area contributed by atoms with Gasteiger partial charge in [-0.3, -0.25) is 4.79 Å². The number of carbonyl (C=O) groups excluding carboxylic acids is 2. The average molecular weight is 483 g/mol. The summed E-state index contributed by atoms with van der Waals surface area (Å²) in [5.74, 6) is 2.26. The van der Waals surface area contributed by atoms with E-state index in [-0.39, 0.29) is 39.1 Å². The van der Waals surface area contributed by atoms with Crippen molar-refractivity contribution < 1.29 is 14.3 Å². The lowest BCUT2D eigenvalue weighted by molar-refractivity contribution is -0.232. The summed E-state index contributed by atoms with van der Waals surface area (Å²) in [6, 6.07) is 0. The molecule has 0 aromatic carbocycles. The minimum absolute atomic E-state index is 0.00970. The second kappa shape index (κ2) is 7.94. The van der Waals surface area contributed by atoms with Crippen LogP contribution >= 0.6 is 0 Å². The summed E-state index contributed by atoms with van der Waals surface area (Å²) in [6.45, 7) is 18.9. The van der Waals surface area contributed by atoms with E-state index in [1.54, 1.807) is 18.1 Å². The summed E-state index contributed by atoms with van der Waals surface area (Å²) in [4.78, 5) is 24.5. The molecule has 0 N–H and O–H groups in total. The Labute approximate surface area is 214 Å². The van der Waals surface area contributed by atoms with E-state index in [2.05, 4.69) is 48.5 Å². The number of carbonyl (C=O) groups is 2. The zero-order valence-corrected chi connectivity index (χ0v) is 23.8. The zero-order valence-electron chi connectivity index (χ0n) is 23.8. The maximum absolute atomic E-state index is 12.6. The third-order valence-electron chi connectivity index (χ3n) is 13.2. The SMILES string of the molecule is CC(=O)O[C@H]1CCC2(C)[C@H]3CC[C@@H]4C5=C(C(C)C)CCC5(C=O)CC[C@@]4(C)C3(C)CC[C@H]2C1(C)C. The van der Waals surface area contributed by atoms with E-state index >= 15 is 0 Å². The molecule has 196 valence electrons. The van der Waals surface area contributed by atoms with Crippen molar-refractivity contribution in [1.82, 2.24) is 0 Å². The summed E-state index contributed by atoms with van der Waals surface area (Å²) in [7, 11) is 0. The van der Waals surface area contributed by atoms with Crippen LogP contribution in [0.2, 0.25) is 0 Å². The van der Waals surface area contributed by atoms with E-state index in [1.807, 2.05) is 0 Å². The van der Waals surface area contributed by atoms with Gasteiger partial charge in [-0.1, -0.05) is 59.6 Å². The van der Waals surface area contributed by atoms with Gasteiger partial charge in [-0.2, -0.15) is 0 Å². The summed E-state index contributed by atoms with van der Waals surface area (Å²) in [5.41, 5.74) is 3.89. The van der Waals surface area contributed by atoms with E-state index in [1.165, 1.54) is 38.4 Å². The highest BCUT2D eigenvalue weighted by molar-refractivity contribution is 5.69. The van der Waals surface area contributed by atoms with Gasteiger partial charge in [0.25, 0.3) is 0 Å². The van der Waals surface area contributed by atoms with Crippen molar-refractivity contribution in [2.75, 3.05) is 0 Å². The molecule has 0 saturated heterocycles. The van der Waals surface area contributed by atoms with Gasteiger partial charge >= 0.3 is 5.97 Å². The first kappa shape index (κ1) is 25.5. The molecule has 5 aliphatic carbocycles. The van der Waals surface area contributed by atoms with Gasteiger partial charge in [0.2, 0.25) is 0 Å². The Bertz CT molecular complexity index is 944. The Morgan fingerprint density at radius 2 is 1.60 bits per heavy atom. The van der Waals surface area contributed by atoms with Crippen LogP contribution in [0.4, 0.5) is 0 Å². The molecule has 4 fully saturated rings. The van der Waals surface area contributed by atoms with Crippen LogP contribution in [-0.2, 0) is 14.3 Å². The fourth-order valence-corrected chi connectivity index (χ4v) is 11.3. The molecular formula is C32H50O3. The van der Waals surface area contributed by atoms with E-state index in [4.69, 9.17) is 4.74 Å². The van der Waals surface area contributed by atoms with Gasteiger partial charge in [0.05, 0.1) is 0 Å². The van der Waals surface area contributed by atoms with Crippen LogP contribution in [0, 0.1) is 50.7 Å². The number of rotatable bonds is 3. The molecule has 5 aliphatic rings. The van der Waals surface area contributed by atoms with Crippen molar-refractivity contribution >= 4 is 12.3 Å². The van der Waals surface area contributed by atoms with Crippen molar-refractivity contribution in [1.29, 1.82) is 0 Å². The normalized spacial score (nSPS) is 48.5. The van der Waals surface area contributed by atoms with Gasteiger partial charge in [-0.05, 0) is 104 Å². The molecule has 8 atom stereocenters. The van der Waals surface area contributed by atoms with Crippen LogP contribution in [0.15, 0.2) is 11.1 Å². The Hall–Kier alpha value is -1.12. The van der Waals surface area contributed by atoms with Crippen LogP contribution in [0.25, 0.3) is 0 Å². The van der Waals surface area contributed by atoms with Crippen molar-refractivity contribution in [2.24, 2.45) is 50.7 Å². The molecule has 35 heavy (non-hydrogen) atoms. The zero-order chi connectivity index (χ0) is 25.6. The lowest BCUT2D eigenvalue weighted by atomic mass is 9.33. The van der Waals surface area contributed by atoms with Crippen LogP contribution < -0.4 is 0 Å². The predicted octanol–water partition coefficient (Wildman–Crippen LogP) is 7.92. The summed E-state index contributed by atoms with van der Waals surface area (Å²) >= 11 is 0. The summed E-state index contributed by atoms with van der Waals surface area (Å²) in [5, 5.41) is 0. The summed E-state index contributed by atoms with van der Waals surface area (Å²) in [6.07, 6.45) is 13.0. The number of esters is 1. The third kappa shape index (κ3) is 3.21. The highest BCUT2D eigenvalue weighted by atomic mass is 16.5. The number of hydrogen-bond acceptors (Lipinski definition) is 3. The predicted molar refractivity (Wildman–Crippen MR) is 141 cm³/mol. The van der Waals surface area contributed by atoms with Gasteiger partial charge in [-0.25, -0.2) is 0 Å². The lowest BCUT2D eigenvalue weighted by Crippen LogP contribution is -2.65. The van der Waals surface area contributed by atoms with Crippen LogP contribution in [0.1, 0.15) is 120 Å². The molecule has 0 aromatic rings. The fraction of sp³-hybridized carbons (Fsp3) is 0.875. The maximum Gasteiger partial charge on any atom is 0.302 e. The quantitative estimate of drug-likeness (QED) is 0.233. The van der Waals surface area contributed by atoms with E-state index < -0.39 is 0 Å². The fourth-order valence-electron chi connectivity index (χ4n) is 11.3. The topological polar surface area (TPSA) is 43.4 Å². The monoisotopic (exact) mass is 482 g/mol. The molecule has 0 amide bonds. The van der Waals surface area contributed by atoms with Crippen LogP contribution in [-0.4, -0.2) is 18.4 Å². The second-order valence-corrected chi connectivity index (χ2v) is 14.9. The molecule has 0 radical (unpaired) electrons. The Morgan fingerprint density at radius 3 is 2.23 bits per heavy atom. The second-order valence-electron chi connectivity index (χ2n) is 14.9. The molecule has 3 nitrogen and oxygen atoms in total. The Balaban J connectivity index is 1.54. The van der Waals surface area contributed by atoms with Gasteiger partial charge in [0.15, 0.2) is 0 Å². The van der Waals surface area contributed by atoms with Gasteiger partial charge in [0.1, 0.15) is 12.4 Å². The molecule has 0 spiro atoms. The largest absolute Gasteiger partial charge is 0.462 e. The lowest BCUT2D eigenvalue weighted by Gasteiger charge is -2.72. The van der Waals surface area contributed by atoms with Gasteiger partial charge in [0, 0.05) is 17.8 Å². The Kier molecular flexibility index (Phi) is 5.79. The standard InChI is InChI=1S/C32H50O3/c1-20(2)22-11-16-32(19-33)18-17-30(7)23(27(22)32)9-10-25-29(6)14-13-26(35-21(3)34)28(4,5)24(29)12-15-31(25,30)8/h19-20,23-26H,9-18H2,1-8H3/t23-,24+,25-,26+,29?,30-,31?,32?/m1/s1. The van der Waals surface area contributed by atoms with E-state index in [0.717, 1.165) is 32.1 Å². The molecule has 5 rings (SSSR count). The highest BCUT2D eigenvalue weighted by Gasteiger charge is 2.69. The minimum atomic E-state index is -0.168. The first-order chi connectivity index (χ1) is 16.3. The summed E-state index contributed by atoms with van der Waals surface area (Å²) < 4.78 is 5.89. The molecule has 3 heteroatoms. The third-order valence-corrected chi connectivity index (χ3v) is 13.2. The number of fused-ring (bicyclic) bond motifs is 7. The Morgan fingerprint density at radius 1 is 0.886 bits per heavy atom. The molecule has 3 unspecified atom stereocenters. The van der Waals surface area contributed by atoms with Crippen molar-refractivity contribution in [3.05, 3.63) is 11.1 Å². The molecule has 0 heterocycles. The number of allylic oxidation sites excluding steroid dienone is 2. The molecule has 0 bridgehead atoms. The number of hydrogen-bond donors (Lipinski definition) is 0. The van der Waals surface area contributed by atoms with Gasteiger partial charge < -0.3 is 9.53 Å². The van der Waals surface area contributed by atoms with Crippen molar-refractivity contribution in [3.63, 3.8) is 0 Å². The highest BCUT2D eigenvalue weighted by Crippen LogP contribution is 2.76. The van der Waals surface area contributed by atoms with Gasteiger partial charge in [-0.15, -0.1) is 0 Å². The maximum atomic E-state index is 12.6. The molecule has 0 aromatic heterocycles. The van der Waals surface area contributed by atoms with E-state index in [9.17, 15) is 9.59 Å². The van der Waals surface area contributed by atoms with Crippen LogP contribution in [0.3, 0.4) is 0 Å². The van der Waals surface area contributed by atoms with Crippen molar-refractivity contribution in [3.8, 4) is 0 Å². The first-order valence-electron chi connectivity index (χ1n) is 14.6. The van der Waals surface area contributed by atoms with Crippen LogP contribution in [0.5, 0.6) is 0 Å². The number of ether oxygens (including phenoxy) is 1. The smallest absolute Gasteiger partial charge is 0.302 e. The van der Waals surface area contributed by atoms with E-state index in [0.29, 0.717) is 23.7 Å². The number of aldehydes is 1. The molecule has 4 saturated carbocycles. The van der Waals surface area contributed by atoms with Crippen molar-refractivity contribution in [2.45, 2.75) is 126 Å². The first-order valence-corrected chi connectivity index (χ1v) is 14.6. The average Bonchev–Trinajstić information content (AvgIpc) is 3.16. The molecule has 0 aliphatic heterocycles. The molecular weight excluding hydrogens is 432 g/mol.